The number of carbonyl (C=O) groups is 1. The Labute approximate surface area is 119 Å². The topological polar surface area (TPSA) is 67.5 Å². The fourth-order valence-corrected chi connectivity index (χ4v) is 2.23. The number of benzene rings is 1. The summed E-state index contributed by atoms with van der Waals surface area (Å²) in [5.41, 5.74) is 2.47. The van der Waals surface area contributed by atoms with E-state index in [2.05, 4.69) is 10.2 Å². The van der Waals surface area contributed by atoms with Crippen LogP contribution in [0, 0.1) is 6.92 Å². The summed E-state index contributed by atoms with van der Waals surface area (Å²) in [5.74, 6) is -0.419. The van der Waals surface area contributed by atoms with E-state index in [0.717, 1.165) is 11.1 Å². The van der Waals surface area contributed by atoms with Crippen LogP contribution in [0.4, 0.5) is 0 Å². The van der Waals surface area contributed by atoms with Gasteiger partial charge in [-0.15, -0.1) is 10.2 Å². The maximum absolute atomic E-state index is 11.1. The number of aromatic carboxylic acids is 1. The average Bonchev–Trinajstić information content (AvgIpc) is 2.84. The quantitative estimate of drug-likeness (QED) is 0.786. The summed E-state index contributed by atoms with van der Waals surface area (Å²) in [6.07, 6.45) is 1.51. The van der Waals surface area contributed by atoms with Crippen molar-refractivity contribution in [2.24, 2.45) is 0 Å². The third kappa shape index (κ3) is 1.92. The van der Waals surface area contributed by atoms with E-state index in [0.29, 0.717) is 16.5 Å². The van der Waals surface area contributed by atoms with E-state index >= 15 is 0 Å². The number of aromatic nitrogens is 3. The molecule has 0 atom stereocenters. The number of nitrogens with zero attached hydrogens (tertiary/aromatic N) is 3. The van der Waals surface area contributed by atoms with Gasteiger partial charge in [-0.1, -0.05) is 23.7 Å². The lowest BCUT2D eigenvalue weighted by Gasteiger charge is -2.06. The minimum Gasteiger partial charge on any atom is -0.478 e. The third-order valence-corrected chi connectivity index (χ3v) is 3.57. The summed E-state index contributed by atoms with van der Waals surface area (Å²) >= 11 is 6.11. The van der Waals surface area contributed by atoms with Gasteiger partial charge in [0.05, 0.1) is 5.56 Å². The first-order valence-electron chi connectivity index (χ1n) is 5.91. The molecule has 100 valence electrons. The van der Waals surface area contributed by atoms with Crippen molar-refractivity contribution < 1.29 is 9.90 Å². The number of rotatable bonds is 2. The molecule has 0 saturated carbocycles. The van der Waals surface area contributed by atoms with Crippen LogP contribution in [0.25, 0.3) is 17.0 Å². The van der Waals surface area contributed by atoms with Gasteiger partial charge in [-0.05, 0) is 30.7 Å². The molecular formula is C14H10ClN3O2. The van der Waals surface area contributed by atoms with Gasteiger partial charge in [0, 0.05) is 16.8 Å². The van der Waals surface area contributed by atoms with Crippen molar-refractivity contribution in [2.45, 2.75) is 6.92 Å². The van der Waals surface area contributed by atoms with Gasteiger partial charge in [-0.2, -0.15) is 0 Å². The van der Waals surface area contributed by atoms with Crippen LogP contribution in [0.5, 0.6) is 0 Å². The predicted octanol–water partition coefficient (Wildman–Crippen LogP) is 3.06. The van der Waals surface area contributed by atoms with Crippen molar-refractivity contribution in [1.82, 2.24) is 14.6 Å². The van der Waals surface area contributed by atoms with Crippen molar-refractivity contribution in [1.29, 1.82) is 0 Å². The molecule has 0 saturated heterocycles. The lowest BCUT2D eigenvalue weighted by molar-refractivity contribution is 0.0696. The molecule has 2 heterocycles. The molecule has 0 spiro atoms. The number of carboxylic acid groups (broad SMARTS) is 1. The van der Waals surface area contributed by atoms with Crippen molar-refractivity contribution in [3.8, 4) is 11.4 Å². The molecule has 0 unspecified atom stereocenters. The fraction of sp³-hybridized carbons (Fsp3) is 0.0714. The SMILES string of the molecule is Cc1c(Cl)cccc1-c1nnc2ccc(C(=O)O)cn12. The van der Waals surface area contributed by atoms with Crippen molar-refractivity contribution in [3.63, 3.8) is 0 Å². The standard InChI is InChI=1S/C14H10ClN3O2/c1-8-10(3-2-4-11(8)15)13-17-16-12-6-5-9(14(19)20)7-18(12)13/h2-7H,1H3,(H,19,20). The van der Waals surface area contributed by atoms with E-state index in [9.17, 15) is 4.79 Å². The van der Waals surface area contributed by atoms with Crippen molar-refractivity contribution in [3.05, 3.63) is 52.7 Å². The molecule has 0 fully saturated rings. The van der Waals surface area contributed by atoms with Crippen molar-refractivity contribution in [2.75, 3.05) is 0 Å². The lowest BCUT2D eigenvalue weighted by atomic mass is 10.1. The molecule has 0 bridgehead atoms. The zero-order chi connectivity index (χ0) is 14.3. The second kappa shape index (κ2) is 4.61. The van der Waals surface area contributed by atoms with Crippen LogP contribution in [0.2, 0.25) is 5.02 Å². The molecule has 5 nitrogen and oxygen atoms in total. The highest BCUT2D eigenvalue weighted by Gasteiger charge is 2.13. The molecule has 0 amide bonds. The minimum absolute atomic E-state index is 0.179. The van der Waals surface area contributed by atoms with Crippen LogP contribution in [-0.4, -0.2) is 25.7 Å². The molecule has 1 aromatic carbocycles. The first-order valence-corrected chi connectivity index (χ1v) is 6.29. The fourth-order valence-electron chi connectivity index (χ4n) is 2.05. The lowest BCUT2D eigenvalue weighted by Crippen LogP contribution is -2.00. The van der Waals surface area contributed by atoms with E-state index in [1.807, 2.05) is 19.1 Å². The summed E-state index contributed by atoms with van der Waals surface area (Å²) in [5, 5.41) is 17.9. The number of pyridine rings is 1. The summed E-state index contributed by atoms with van der Waals surface area (Å²) in [7, 11) is 0. The summed E-state index contributed by atoms with van der Waals surface area (Å²) in [6.45, 7) is 1.89. The monoisotopic (exact) mass is 287 g/mol. The highest BCUT2D eigenvalue weighted by Crippen LogP contribution is 2.27. The highest BCUT2D eigenvalue weighted by molar-refractivity contribution is 6.31. The van der Waals surface area contributed by atoms with Gasteiger partial charge in [0.25, 0.3) is 0 Å². The number of hydrogen-bond acceptors (Lipinski definition) is 3. The van der Waals surface area contributed by atoms with Crippen LogP contribution < -0.4 is 0 Å². The van der Waals surface area contributed by atoms with E-state index in [1.54, 1.807) is 16.5 Å². The van der Waals surface area contributed by atoms with Crippen LogP contribution in [0.3, 0.4) is 0 Å². The molecule has 0 radical (unpaired) electrons. The van der Waals surface area contributed by atoms with Crippen LogP contribution in [0.15, 0.2) is 36.5 Å². The molecule has 1 N–H and O–H groups in total. The zero-order valence-electron chi connectivity index (χ0n) is 10.5. The second-order valence-corrected chi connectivity index (χ2v) is 4.79. The van der Waals surface area contributed by atoms with Gasteiger partial charge < -0.3 is 5.11 Å². The minimum atomic E-state index is -0.991. The van der Waals surface area contributed by atoms with Crippen LogP contribution in [0.1, 0.15) is 15.9 Å². The van der Waals surface area contributed by atoms with Gasteiger partial charge in [0.15, 0.2) is 11.5 Å². The molecule has 3 aromatic rings. The smallest absolute Gasteiger partial charge is 0.337 e. The van der Waals surface area contributed by atoms with Gasteiger partial charge in [0.2, 0.25) is 0 Å². The molecule has 3 rings (SSSR count). The Morgan fingerprint density at radius 2 is 2.05 bits per heavy atom. The Kier molecular flexibility index (Phi) is 2.91. The van der Waals surface area contributed by atoms with E-state index in [1.165, 1.54) is 12.3 Å². The second-order valence-electron chi connectivity index (χ2n) is 4.39. The third-order valence-electron chi connectivity index (χ3n) is 3.16. The van der Waals surface area contributed by atoms with E-state index in [-0.39, 0.29) is 5.56 Å². The van der Waals surface area contributed by atoms with E-state index in [4.69, 9.17) is 16.7 Å². The molecule has 6 heteroatoms. The van der Waals surface area contributed by atoms with Gasteiger partial charge in [0.1, 0.15) is 0 Å². The molecule has 0 aliphatic rings. The van der Waals surface area contributed by atoms with Gasteiger partial charge in [-0.25, -0.2) is 4.79 Å². The summed E-state index contributed by atoms with van der Waals surface area (Å²) in [6, 6.07) is 8.63. The molecule has 0 aliphatic heterocycles. The van der Waals surface area contributed by atoms with Crippen molar-refractivity contribution >= 4 is 23.2 Å². The number of halogens is 1. The molecule has 20 heavy (non-hydrogen) atoms. The number of carboxylic acids is 1. The molecule has 2 aromatic heterocycles. The largest absolute Gasteiger partial charge is 0.478 e. The zero-order valence-corrected chi connectivity index (χ0v) is 11.3. The van der Waals surface area contributed by atoms with Crippen LogP contribution >= 0.6 is 11.6 Å². The Hall–Kier alpha value is -2.40. The van der Waals surface area contributed by atoms with E-state index < -0.39 is 5.97 Å². The first kappa shape index (κ1) is 12.6. The maximum atomic E-state index is 11.1. The summed E-state index contributed by atoms with van der Waals surface area (Å²) < 4.78 is 1.65. The Morgan fingerprint density at radius 1 is 1.25 bits per heavy atom. The normalized spacial score (nSPS) is 10.9. The number of fused-ring (bicyclic) bond motifs is 1. The Morgan fingerprint density at radius 3 is 2.80 bits per heavy atom. The average molecular weight is 288 g/mol. The number of hydrogen-bond donors (Lipinski definition) is 1. The maximum Gasteiger partial charge on any atom is 0.337 e. The van der Waals surface area contributed by atoms with Gasteiger partial charge in [-0.3, -0.25) is 4.40 Å². The highest BCUT2D eigenvalue weighted by atomic mass is 35.5. The Balaban J connectivity index is 2.28. The molecular weight excluding hydrogens is 278 g/mol. The Bertz CT molecular complexity index is 826. The molecule has 0 aliphatic carbocycles. The van der Waals surface area contributed by atoms with Crippen LogP contribution in [-0.2, 0) is 0 Å². The summed E-state index contributed by atoms with van der Waals surface area (Å²) in [4.78, 5) is 11.1. The first-order chi connectivity index (χ1) is 9.58. The van der Waals surface area contributed by atoms with Gasteiger partial charge >= 0.3 is 5.97 Å². The predicted molar refractivity (Wildman–Crippen MR) is 75.1 cm³/mol.